The van der Waals surface area contributed by atoms with E-state index >= 15 is 0 Å². The Bertz CT molecular complexity index is 323. The first-order valence-corrected chi connectivity index (χ1v) is 7.45. The Kier molecular flexibility index (Phi) is 8.49. The molecule has 0 radical (unpaired) electrons. The Hall–Kier alpha value is -0.730. The SMILES string of the molecule is CC(=O)[O-].COC[C@H](O)COC1CC(C)(C)[NH+](O)C(C)(C)C1. The highest BCUT2D eigenvalue weighted by Gasteiger charge is 2.49. The normalized spacial score (nSPS) is 27.5. The Morgan fingerprint density at radius 1 is 1.27 bits per heavy atom. The summed E-state index contributed by atoms with van der Waals surface area (Å²) >= 11 is 0. The van der Waals surface area contributed by atoms with E-state index in [1.165, 1.54) is 0 Å². The minimum absolute atomic E-state index is 0.0670. The molecule has 22 heavy (non-hydrogen) atoms. The average molecular weight is 321 g/mol. The van der Waals surface area contributed by atoms with Gasteiger partial charge in [-0.2, -0.15) is 5.06 Å². The molecule has 1 atom stereocenters. The highest BCUT2D eigenvalue weighted by atomic mass is 16.5. The maximum absolute atomic E-state index is 10.2. The molecule has 1 rings (SSSR count). The van der Waals surface area contributed by atoms with Gasteiger partial charge in [0.05, 0.1) is 19.3 Å². The van der Waals surface area contributed by atoms with Crippen molar-refractivity contribution in [3.63, 3.8) is 0 Å². The number of carbonyl (C=O) groups is 1. The number of rotatable bonds is 5. The zero-order valence-electron chi connectivity index (χ0n) is 14.5. The molecule has 1 aliphatic heterocycles. The number of ether oxygens (including phenoxy) is 2. The van der Waals surface area contributed by atoms with Gasteiger partial charge in [-0.3, -0.25) is 0 Å². The number of carbonyl (C=O) groups excluding carboxylic acids is 1. The molecule has 0 amide bonds. The number of quaternary nitrogens is 1. The van der Waals surface area contributed by atoms with E-state index in [4.69, 9.17) is 19.4 Å². The number of hydrogen-bond acceptors (Lipinski definition) is 6. The van der Waals surface area contributed by atoms with Crippen LogP contribution in [0.4, 0.5) is 0 Å². The van der Waals surface area contributed by atoms with E-state index in [0.717, 1.165) is 19.8 Å². The number of piperidine rings is 1. The van der Waals surface area contributed by atoms with Crippen molar-refractivity contribution in [1.29, 1.82) is 0 Å². The number of carboxylic acid groups (broad SMARTS) is 1. The monoisotopic (exact) mass is 321 g/mol. The molecular weight excluding hydrogens is 290 g/mol. The van der Waals surface area contributed by atoms with Gasteiger partial charge in [-0.15, -0.1) is 0 Å². The molecule has 1 heterocycles. The van der Waals surface area contributed by atoms with Crippen molar-refractivity contribution in [2.45, 2.75) is 70.7 Å². The van der Waals surface area contributed by atoms with Gasteiger partial charge >= 0.3 is 0 Å². The lowest BCUT2D eigenvalue weighted by Gasteiger charge is -2.47. The molecule has 132 valence electrons. The van der Waals surface area contributed by atoms with E-state index in [-0.39, 0.29) is 30.4 Å². The van der Waals surface area contributed by atoms with Crippen molar-refractivity contribution >= 4 is 5.97 Å². The lowest BCUT2D eigenvalue weighted by Crippen LogP contribution is -3.25. The van der Waals surface area contributed by atoms with Crippen molar-refractivity contribution < 1.29 is 34.8 Å². The van der Waals surface area contributed by atoms with Gasteiger partial charge < -0.3 is 24.5 Å². The van der Waals surface area contributed by atoms with E-state index in [1.807, 2.05) is 27.7 Å². The van der Waals surface area contributed by atoms with Crippen molar-refractivity contribution in [3.05, 3.63) is 0 Å². The van der Waals surface area contributed by atoms with Crippen LogP contribution in [0, 0.1) is 0 Å². The molecule has 0 aromatic rings. The molecule has 0 aliphatic carbocycles. The molecule has 0 unspecified atom stereocenters. The van der Waals surface area contributed by atoms with E-state index in [0.29, 0.717) is 5.06 Å². The molecule has 0 spiro atoms. The van der Waals surface area contributed by atoms with Gasteiger partial charge in [0.1, 0.15) is 17.2 Å². The summed E-state index contributed by atoms with van der Waals surface area (Å²) in [6.07, 6.45) is 1.04. The summed E-state index contributed by atoms with van der Waals surface area (Å²) in [6, 6.07) is 0. The highest BCUT2D eigenvalue weighted by molar-refractivity contribution is 5.60. The van der Waals surface area contributed by atoms with Crippen LogP contribution in [-0.2, 0) is 14.3 Å². The molecule has 0 aromatic heterocycles. The third-order valence-corrected chi connectivity index (χ3v) is 3.64. The number of methoxy groups -OCH3 is 1. The van der Waals surface area contributed by atoms with Crippen LogP contribution >= 0.6 is 0 Å². The molecule has 7 nitrogen and oxygen atoms in total. The summed E-state index contributed by atoms with van der Waals surface area (Å²) in [4.78, 5) is 8.89. The number of aliphatic carboxylic acids is 1. The van der Waals surface area contributed by atoms with E-state index in [2.05, 4.69) is 0 Å². The topological polar surface area (TPSA) is 103 Å². The zero-order valence-corrected chi connectivity index (χ0v) is 14.5. The number of hydroxylamine groups is 2. The third-order valence-electron chi connectivity index (χ3n) is 3.64. The summed E-state index contributed by atoms with van der Waals surface area (Å²) in [5.41, 5.74) is -0.475. The lowest BCUT2D eigenvalue weighted by atomic mass is 9.80. The molecule has 0 bridgehead atoms. The fraction of sp³-hybridized carbons (Fsp3) is 0.933. The quantitative estimate of drug-likeness (QED) is 0.585. The maximum Gasteiger partial charge on any atom is 0.124 e. The number of aliphatic hydroxyl groups is 1. The molecule has 0 saturated carbocycles. The summed E-state index contributed by atoms with van der Waals surface area (Å²) in [5.74, 6) is -1.08. The Morgan fingerprint density at radius 3 is 2.05 bits per heavy atom. The molecule has 0 aromatic carbocycles. The van der Waals surface area contributed by atoms with Crippen molar-refractivity contribution in [1.82, 2.24) is 0 Å². The lowest BCUT2D eigenvalue weighted by molar-refractivity contribution is -1.16. The number of nitrogens with one attached hydrogen (secondary N) is 1. The fourth-order valence-corrected chi connectivity index (χ4v) is 2.93. The number of carboxylic acids is 1. The van der Waals surface area contributed by atoms with Gasteiger partial charge in [0, 0.05) is 25.9 Å². The summed E-state index contributed by atoms with van der Waals surface area (Å²) in [5, 5.41) is 29.3. The van der Waals surface area contributed by atoms with Crippen LogP contribution in [0.1, 0.15) is 47.5 Å². The first-order valence-electron chi connectivity index (χ1n) is 7.45. The molecule has 1 fully saturated rings. The van der Waals surface area contributed by atoms with Gasteiger partial charge in [-0.05, 0) is 34.6 Å². The van der Waals surface area contributed by atoms with Crippen LogP contribution in [0.2, 0.25) is 0 Å². The van der Waals surface area contributed by atoms with Crippen LogP contribution in [0.15, 0.2) is 0 Å². The maximum atomic E-state index is 10.2. The third kappa shape index (κ3) is 7.51. The molecule has 1 saturated heterocycles. The van der Waals surface area contributed by atoms with Crippen LogP contribution < -0.4 is 10.2 Å². The van der Waals surface area contributed by atoms with Crippen LogP contribution in [0.5, 0.6) is 0 Å². The molecule has 3 N–H and O–H groups in total. The van der Waals surface area contributed by atoms with Crippen LogP contribution in [0.25, 0.3) is 0 Å². The average Bonchev–Trinajstić information content (AvgIpc) is 2.32. The molecule has 1 aliphatic rings. The smallest absolute Gasteiger partial charge is 0.124 e. The zero-order chi connectivity index (χ0) is 17.6. The number of hydrogen-bond donors (Lipinski definition) is 3. The first kappa shape index (κ1) is 21.3. The Balaban J connectivity index is 0.000000980. The Morgan fingerprint density at radius 2 is 1.68 bits per heavy atom. The van der Waals surface area contributed by atoms with E-state index < -0.39 is 12.1 Å². The largest absolute Gasteiger partial charge is 0.550 e. The molecule has 7 heteroatoms. The van der Waals surface area contributed by atoms with E-state index in [9.17, 15) is 10.3 Å². The Labute approximate surface area is 132 Å². The van der Waals surface area contributed by atoms with Crippen molar-refractivity contribution in [2.75, 3.05) is 20.3 Å². The predicted octanol–water partition coefficient (Wildman–Crippen LogP) is -1.24. The van der Waals surface area contributed by atoms with Crippen LogP contribution in [0.3, 0.4) is 0 Å². The standard InChI is InChI=1S/C13H27NO4.C2H4O2/c1-12(2)6-11(7-13(3,4)14(12)16)18-9-10(15)8-17-5;1-2(3)4/h10-11,15-16H,6-9H2,1-5H3;1H3,(H,3,4)/t10-;/m0./s1. The molecular formula is C15H31NO6. The number of aliphatic hydroxyl groups excluding tert-OH is 1. The van der Waals surface area contributed by atoms with Crippen molar-refractivity contribution in [3.8, 4) is 0 Å². The van der Waals surface area contributed by atoms with Gasteiger partial charge in [0.15, 0.2) is 0 Å². The van der Waals surface area contributed by atoms with Gasteiger partial charge in [-0.25, -0.2) is 5.21 Å². The second kappa shape index (κ2) is 8.79. The second-order valence-corrected chi connectivity index (χ2v) is 7.08. The van der Waals surface area contributed by atoms with E-state index in [1.54, 1.807) is 7.11 Å². The predicted molar refractivity (Wildman–Crippen MR) is 78.4 cm³/mol. The van der Waals surface area contributed by atoms with Gasteiger partial charge in [0.2, 0.25) is 0 Å². The summed E-state index contributed by atoms with van der Waals surface area (Å²) in [6.45, 7) is 9.68. The summed E-state index contributed by atoms with van der Waals surface area (Å²) < 4.78 is 10.6. The second-order valence-electron chi connectivity index (χ2n) is 7.08. The van der Waals surface area contributed by atoms with Gasteiger partial charge in [-0.1, -0.05) is 0 Å². The fourth-order valence-electron chi connectivity index (χ4n) is 2.93. The minimum Gasteiger partial charge on any atom is -0.550 e. The first-order chi connectivity index (χ1) is 9.92. The minimum atomic E-state index is -1.08. The summed E-state index contributed by atoms with van der Waals surface area (Å²) in [7, 11) is 1.56. The van der Waals surface area contributed by atoms with Crippen LogP contribution in [-0.4, -0.2) is 59.9 Å². The van der Waals surface area contributed by atoms with Crippen molar-refractivity contribution in [2.24, 2.45) is 0 Å². The van der Waals surface area contributed by atoms with Gasteiger partial charge in [0.25, 0.3) is 0 Å². The highest BCUT2D eigenvalue weighted by Crippen LogP contribution is 2.25.